The van der Waals surface area contributed by atoms with Crippen LogP contribution in [0.5, 0.6) is 11.5 Å². The summed E-state index contributed by atoms with van der Waals surface area (Å²) in [5, 5.41) is 18.3. The fraction of sp³-hybridized carbons (Fsp3) is 0.200. The highest BCUT2D eigenvalue weighted by atomic mass is 16.6. The molecule has 0 radical (unpaired) electrons. The maximum Gasteiger partial charge on any atom is 0.344 e. The largest absolute Gasteiger partial charge is 0.508 e. The molecule has 0 saturated carbocycles. The van der Waals surface area contributed by atoms with Crippen LogP contribution in [0.2, 0.25) is 0 Å². The minimum absolute atomic E-state index is 0.137. The zero-order chi connectivity index (χ0) is 12.1. The second-order valence-corrected chi connectivity index (χ2v) is 2.85. The second kappa shape index (κ2) is 5.01. The molecule has 0 aliphatic carbocycles. The molecule has 1 aromatic rings. The van der Waals surface area contributed by atoms with Gasteiger partial charge in [0.2, 0.25) is 0 Å². The molecule has 86 valence electrons. The fourth-order valence-corrected chi connectivity index (χ4v) is 0.954. The molecule has 0 amide bonds. The predicted octanol–water partition coefficient (Wildman–Crippen LogP) is 0.428. The Balaban J connectivity index is 2.70. The van der Waals surface area contributed by atoms with Crippen molar-refractivity contribution < 1.29 is 29.3 Å². The highest BCUT2D eigenvalue weighted by molar-refractivity contribution is 5.93. The topological polar surface area (TPSA) is 93.1 Å². The molecule has 0 atom stereocenters. The first-order chi connectivity index (χ1) is 7.54. The number of phenols is 2. The summed E-state index contributed by atoms with van der Waals surface area (Å²) in [6.07, 6.45) is 0. The fourth-order valence-electron chi connectivity index (χ4n) is 0.954. The number of hydrogen-bond donors (Lipinski definition) is 2. The maximum absolute atomic E-state index is 11.3. The monoisotopic (exact) mass is 226 g/mol. The predicted molar refractivity (Wildman–Crippen MR) is 52.1 cm³/mol. The van der Waals surface area contributed by atoms with Gasteiger partial charge in [-0.1, -0.05) is 0 Å². The van der Waals surface area contributed by atoms with Gasteiger partial charge in [-0.3, -0.25) is 0 Å². The van der Waals surface area contributed by atoms with Gasteiger partial charge in [-0.25, -0.2) is 9.59 Å². The van der Waals surface area contributed by atoms with Gasteiger partial charge in [-0.05, 0) is 12.1 Å². The van der Waals surface area contributed by atoms with E-state index >= 15 is 0 Å². The Labute approximate surface area is 91.0 Å². The third kappa shape index (κ3) is 2.88. The van der Waals surface area contributed by atoms with E-state index in [0.717, 1.165) is 13.2 Å². The molecule has 0 fully saturated rings. The van der Waals surface area contributed by atoms with Gasteiger partial charge in [-0.15, -0.1) is 0 Å². The minimum Gasteiger partial charge on any atom is -0.508 e. The molecule has 6 heteroatoms. The lowest BCUT2D eigenvalue weighted by Crippen LogP contribution is -2.15. The number of carbonyl (C=O) groups is 2. The van der Waals surface area contributed by atoms with Gasteiger partial charge in [0.25, 0.3) is 0 Å². The van der Waals surface area contributed by atoms with E-state index in [1.54, 1.807) is 0 Å². The Morgan fingerprint density at radius 2 is 2.00 bits per heavy atom. The Hall–Kier alpha value is -2.24. The lowest BCUT2D eigenvalue weighted by Gasteiger charge is -2.05. The van der Waals surface area contributed by atoms with Gasteiger partial charge >= 0.3 is 11.9 Å². The van der Waals surface area contributed by atoms with E-state index in [4.69, 9.17) is 5.11 Å². The normalized spacial score (nSPS) is 9.56. The third-order valence-electron chi connectivity index (χ3n) is 1.75. The second-order valence-electron chi connectivity index (χ2n) is 2.85. The summed E-state index contributed by atoms with van der Waals surface area (Å²) in [5.74, 6) is -2.17. The molecule has 0 bridgehead atoms. The Bertz CT molecular complexity index is 412. The average molecular weight is 226 g/mol. The van der Waals surface area contributed by atoms with Crippen molar-refractivity contribution in [2.24, 2.45) is 0 Å². The van der Waals surface area contributed by atoms with Crippen LogP contribution in [0.3, 0.4) is 0 Å². The summed E-state index contributed by atoms with van der Waals surface area (Å²) in [6.45, 7) is -0.532. The molecule has 0 aliphatic heterocycles. The van der Waals surface area contributed by atoms with E-state index in [9.17, 15) is 14.7 Å². The first-order valence-electron chi connectivity index (χ1n) is 4.30. The average Bonchev–Trinajstić information content (AvgIpc) is 2.25. The van der Waals surface area contributed by atoms with E-state index in [1.165, 1.54) is 12.1 Å². The molecular formula is C10H10O6. The minimum atomic E-state index is -0.872. The number of hydrogen-bond acceptors (Lipinski definition) is 6. The van der Waals surface area contributed by atoms with Crippen LogP contribution in [0, 0.1) is 0 Å². The molecule has 0 heterocycles. The van der Waals surface area contributed by atoms with E-state index in [0.29, 0.717) is 0 Å². The molecule has 0 saturated heterocycles. The number of ether oxygens (including phenoxy) is 2. The molecular weight excluding hydrogens is 216 g/mol. The van der Waals surface area contributed by atoms with Crippen LogP contribution >= 0.6 is 0 Å². The molecule has 0 spiro atoms. The zero-order valence-electron chi connectivity index (χ0n) is 8.47. The third-order valence-corrected chi connectivity index (χ3v) is 1.75. The highest BCUT2D eigenvalue weighted by Gasteiger charge is 2.14. The van der Waals surface area contributed by atoms with Gasteiger partial charge < -0.3 is 19.7 Å². The van der Waals surface area contributed by atoms with Crippen LogP contribution in [0.15, 0.2) is 18.2 Å². The van der Waals surface area contributed by atoms with Crippen LogP contribution in [0.1, 0.15) is 10.4 Å². The number of carbonyl (C=O) groups excluding carboxylic acids is 2. The number of rotatable bonds is 3. The van der Waals surface area contributed by atoms with Crippen molar-refractivity contribution in [3.8, 4) is 11.5 Å². The van der Waals surface area contributed by atoms with Gasteiger partial charge in [0.15, 0.2) is 6.61 Å². The van der Waals surface area contributed by atoms with E-state index in [-0.39, 0.29) is 11.3 Å². The van der Waals surface area contributed by atoms with Crippen molar-refractivity contribution in [2.45, 2.75) is 0 Å². The number of esters is 2. The molecule has 0 unspecified atom stereocenters. The van der Waals surface area contributed by atoms with Crippen LogP contribution in [-0.4, -0.2) is 35.9 Å². The summed E-state index contributed by atoms with van der Waals surface area (Å²) in [7, 11) is 1.16. The molecule has 2 N–H and O–H groups in total. The van der Waals surface area contributed by atoms with Crippen molar-refractivity contribution >= 4 is 11.9 Å². The summed E-state index contributed by atoms with van der Waals surface area (Å²) >= 11 is 0. The molecule has 0 aliphatic rings. The lowest BCUT2D eigenvalue weighted by molar-refractivity contribution is -0.144. The van der Waals surface area contributed by atoms with Crippen LogP contribution < -0.4 is 0 Å². The van der Waals surface area contributed by atoms with Gasteiger partial charge in [0, 0.05) is 6.07 Å². The Morgan fingerprint density at radius 1 is 1.31 bits per heavy atom. The van der Waals surface area contributed by atoms with Crippen molar-refractivity contribution in [3.05, 3.63) is 23.8 Å². The molecule has 0 aromatic heterocycles. The zero-order valence-corrected chi connectivity index (χ0v) is 8.47. The van der Waals surface area contributed by atoms with E-state index < -0.39 is 24.3 Å². The summed E-state index contributed by atoms with van der Waals surface area (Å²) in [4.78, 5) is 22.0. The van der Waals surface area contributed by atoms with Crippen LogP contribution in [0.4, 0.5) is 0 Å². The first kappa shape index (κ1) is 11.8. The maximum atomic E-state index is 11.3. The standard InChI is InChI=1S/C10H10O6/c1-15-9(13)5-16-10(14)7-3-2-6(11)4-8(7)12/h2-4,11-12H,5H2,1H3. The number of methoxy groups -OCH3 is 1. The van der Waals surface area contributed by atoms with Crippen molar-refractivity contribution in [1.82, 2.24) is 0 Å². The Kier molecular flexibility index (Phi) is 3.71. The lowest BCUT2D eigenvalue weighted by atomic mass is 10.2. The van der Waals surface area contributed by atoms with Gasteiger partial charge in [0.1, 0.15) is 17.1 Å². The quantitative estimate of drug-likeness (QED) is 0.726. The molecule has 6 nitrogen and oxygen atoms in total. The summed E-state index contributed by atoms with van der Waals surface area (Å²) < 4.78 is 8.81. The smallest absolute Gasteiger partial charge is 0.344 e. The van der Waals surface area contributed by atoms with E-state index in [1.807, 2.05) is 0 Å². The van der Waals surface area contributed by atoms with Crippen molar-refractivity contribution in [3.63, 3.8) is 0 Å². The number of aromatic hydroxyl groups is 2. The van der Waals surface area contributed by atoms with Crippen LogP contribution in [-0.2, 0) is 14.3 Å². The van der Waals surface area contributed by atoms with Crippen molar-refractivity contribution in [2.75, 3.05) is 13.7 Å². The Morgan fingerprint density at radius 3 is 2.56 bits per heavy atom. The van der Waals surface area contributed by atoms with Crippen molar-refractivity contribution in [1.29, 1.82) is 0 Å². The van der Waals surface area contributed by atoms with Gasteiger partial charge in [0.05, 0.1) is 7.11 Å². The number of phenolic OH excluding ortho intramolecular Hbond substituents is 2. The molecule has 16 heavy (non-hydrogen) atoms. The molecule has 1 rings (SSSR count). The summed E-state index contributed by atoms with van der Waals surface area (Å²) in [6, 6.07) is 3.40. The molecule has 1 aromatic carbocycles. The van der Waals surface area contributed by atoms with Crippen LogP contribution in [0.25, 0.3) is 0 Å². The SMILES string of the molecule is COC(=O)COC(=O)c1ccc(O)cc1O. The number of benzene rings is 1. The first-order valence-corrected chi connectivity index (χ1v) is 4.30. The highest BCUT2D eigenvalue weighted by Crippen LogP contribution is 2.22. The van der Waals surface area contributed by atoms with E-state index in [2.05, 4.69) is 9.47 Å². The summed E-state index contributed by atoms with van der Waals surface area (Å²) in [5.41, 5.74) is -0.137. The van der Waals surface area contributed by atoms with Gasteiger partial charge in [-0.2, -0.15) is 0 Å².